The van der Waals surface area contributed by atoms with Gasteiger partial charge in [0.05, 0.1) is 28.1 Å². The van der Waals surface area contributed by atoms with Gasteiger partial charge in [-0.15, -0.1) is 0 Å². The number of nitro benzene ring substituents is 1. The number of nitro groups is 1. The van der Waals surface area contributed by atoms with Crippen LogP contribution in [0.4, 0.5) is 11.4 Å². The molecular formula is C17H16Cl2N2O4S. The minimum absolute atomic E-state index is 0.148. The molecule has 0 unspecified atom stereocenters. The molecule has 2 rings (SSSR count). The average molecular weight is 415 g/mol. The fourth-order valence-electron chi connectivity index (χ4n) is 2.09. The zero-order chi connectivity index (χ0) is 19.1. The summed E-state index contributed by atoms with van der Waals surface area (Å²) in [5.74, 6) is 1.31. The Labute approximate surface area is 165 Å². The Morgan fingerprint density at radius 1 is 1.23 bits per heavy atom. The molecule has 0 saturated heterocycles. The van der Waals surface area contributed by atoms with Crippen LogP contribution in [0.3, 0.4) is 0 Å². The van der Waals surface area contributed by atoms with E-state index in [0.29, 0.717) is 27.3 Å². The van der Waals surface area contributed by atoms with Crippen molar-refractivity contribution in [1.29, 1.82) is 0 Å². The largest absolute Gasteiger partial charge is 0.496 e. The first-order valence-electron chi connectivity index (χ1n) is 7.54. The third-order valence-electron chi connectivity index (χ3n) is 3.40. The monoisotopic (exact) mass is 414 g/mol. The van der Waals surface area contributed by atoms with Gasteiger partial charge in [-0.2, -0.15) is 11.8 Å². The van der Waals surface area contributed by atoms with Crippen molar-refractivity contribution in [2.45, 2.75) is 12.2 Å². The molecule has 2 aromatic rings. The molecule has 0 fully saturated rings. The van der Waals surface area contributed by atoms with Crippen LogP contribution in [0.5, 0.6) is 5.75 Å². The Morgan fingerprint density at radius 3 is 2.65 bits per heavy atom. The summed E-state index contributed by atoms with van der Waals surface area (Å²) in [6.07, 6.45) is 0.231. The second-order valence-corrected chi connectivity index (χ2v) is 7.16. The van der Waals surface area contributed by atoms with Crippen LogP contribution >= 0.6 is 35.0 Å². The summed E-state index contributed by atoms with van der Waals surface area (Å²) in [7, 11) is 1.42. The predicted octanol–water partition coefficient (Wildman–Crippen LogP) is 5.17. The van der Waals surface area contributed by atoms with Crippen LogP contribution < -0.4 is 10.1 Å². The summed E-state index contributed by atoms with van der Waals surface area (Å²) < 4.78 is 4.96. The SMILES string of the molecule is COc1ccc(NC(=O)CCSCc2ccc(Cl)c(Cl)c2)c([N+](=O)[O-])c1. The van der Waals surface area contributed by atoms with Gasteiger partial charge in [0.1, 0.15) is 11.4 Å². The maximum atomic E-state index is 12.0. The van der Waals surface area contributed by atoms with Crippen LogP contribution in [0.1, 0.15) is 12.0 Å². The summed E-state index contributed by atoms with van der Waals surface area (Å²) in [4.78, 5) is 22.6. The Hall–Kier alpha value is -1.96. The van der Waals surface area contributed by atoms with Crippen molar-refractivity contribution >= 4 is 52.2 Å². The number of hydrogen-bond donors (Lipinski definition) is 1. The fraction of sp³-hybridized carbons (Fsp3) is 0.235. The molecule has 0 aliphatic carbocycles. The number of rotatable bonds is 8. The quantitative estimate of drug-likeness (QED) is 0.365. The molecule has 0 atom stereocenters. The number of carbonyl (C=O) groups excluding carboxylic acids is 1. The van der Waals surface area contributed by atoms with E-state index < -0.39 is 4.92 Å². The van der Waals surface area contributed by atoms with Crippen LogP contribution in [-0.2, 0) is 10.5 Å². The molecule has 2 aromatic carbocycles. The van der Waals surface area contributed by atoms with Gasteiger partial charge in [0, 0.05) is 17.9 Å². The number of amides is 1. The lowest BCUT2D eigenvalue weighted by atomic mass is 10.2. The lowest BCUT2D eigenvalue weighted by molar-refractivity contribution is -0.384. The van der Waals surface area contributed by atoms with Gasteiger partial charge in [0.2, 0.25) is 5.91 Å². The summed E-state index contributed by atoms with van der Waals surface area (Å²) in [6.45, 7) is 0. The number of hydrogen-bond acceptors (Lipinski definition) is 5. The minimum atomic E-state index is -0.558. The summed E-state index contributed by atoms with van der Waals surface area (Å²) in [6, 6.07) is 9.68. The van der Waals surface area contributed by atoms with E-state index in [2.05, 4.69) is 5.32 Å². The molecule has 0 aromatic heterocycles. The number of nitrogens with zero attached hydrogens (tertiary/aromatic N) is 1. The lowest BCUT2D eigenvalue weighted by Gasteiger charge is -2.08. The highest BCUT2D eigenvalue weighted by Crippen LogP contribution is 2.29. The first-order valence-corrected chi connectivity index (χ1v) is 9.45. The van der Waals surface area contributed by atoms with Gasteiger partial charge < -0.3 is 10.1 Å². The molecule has 0 aliphatic rings. The minimum Gasteiger partial charge on any atom is -0.496 e. The molecule has 0 heterocycles. The Bertz CT molecular complexity index is 817. The van der Waals surface area contributed by atoms with Gasteiger partial charge in [0.15, 0.2) is 0 Å². The highest BCUT2D eigenvalue weighted by molar-refractivity contribution is 7.98. The van der Waals surface area contributed by atoms with E-state index in [1.807, 2.05) is 6.07 Å². The standard InChI is InChI=1S/C17H16Cl2N2O4S/c1-25-12-3-5-15(16(9-12)21(23)24)20-17(22)6-7-26-10-11-2-4-13(18)14(19)8-11/h2-5,8-9H,6-7,10H2,1H3,(H,20,22). The number of halogens is 2. The first kappa shape index (κ1) is 20.4. The van der Waals surface area contributed by atoms with Gasteiger partial charge in [-0.3, -0.25) is 14.9 Å². The third-order valence-corrected chi connectivity index (χ3v) is 5.17. The van der Waals surface area contributed by atoms with Gasteiger partial charge >= 0.3 is 0 Å². The van der Waals surface area contributed by atoms with Crippen molar-refractivity contribution in [2.24, 2.45) is 0 Å². The lowest BCUT2D eigenvalue weighted by Crippen LogP contribution is -2.13. The number of methoxy groups -OCH3 is 1. The third kappa shape index (κ3) is 5.79. The molecule has 0 radical (unpaired) electrons. The maximum Gasteiger partial charge on any atom is 0.296 e. The van der Waals surface area contributed by atoms with Crippen LogP contribution in [0.25, 0.3) is 0 Å². The van der Waals surface area contributed by atoms with Gasteiger partial charge in [-0.1, -0.05) is 29.3 Å². The number of ether oxygens (including phenoxy) is 1. The summed E-state index contributed by atoms with van der Waals surface area (Å²) in [5, 5.41) is 14.7. The zero-order valence-corrected chi connectivity index (χ0v) is 16.2. The van der Waals surface area contributed by atoms with Crippen molar-refractivity contribution in [1.82, 2.24) is 0 Å². The summed E-state index contributed by atoms with van der Waals surface area (Å²) >= 11 is 13.4. The van der Waals surface area contributed by atoms with E-state index in [9.17, 15) is 14.9 Å². The van der Waals surface area contributed by atoms with Crippen molar-refractivity contribution < 1.29 is 14.5 Å². The van der Waals surface area contributed by atoms with Crippen molar-refractivity contribution in [3.63, 3.8) is 0 Å². The molecule has 0 bridgehead atoms. The molecule has 9 heteroatoms. The van der Waals surface area contributed by atoms with E-state index >= 15 is 0 Å². The Balaban J connectivity index is 1.85. The highest BCUT2D eigenvalue weighted by Gasteiger charge is 2.17. The van der Waals surface area contributed by atoms with E-state index in [-0.39, 0.29) is 23.7 Å². The molecule has 1 amide bonds. The number of carbonyl (C=O) groups is 1. The molecule has 0 aliphatic heterocycles. The second-order valence-electron chi connectivity index (χ2n) is 5.24. The van der Waals surface area contributed by atoms with Crippen molar-refractivity contribution in [3.8, 4) is 5.75 Å². The first-order chi connectivity index (χ1) is 12.4. The molecule has 1 N–H and O–H groups in total. The molecule has 26 heavy (non-hydrogen) atoms. The smallest absolute Gasteiger partial charge is 0.296 e. The number of thioether (sulfide) groups is 1. The van der Waals surface area contributed by atoms with E-state index in [0.717, 1.165) is 5.56 Å². The molecular weight excluding hydrogens is 399 g/mol. The van der Waals surface area contributed by atoms with E-state index in [1.165, 1.54) is 19.2 Å². The number of nitrogens with one attached hydrogen (secondary N) is 1. The highest BCUT2D eigenvalue weighted by atomic mass is 35.5. The van der Waals surface area contributed by atoms with Gasteiger partial charge in [-0.05, 0) is 29.8 Å². The number of benzene rings is 2. The van der Waals surface area contributed by atoms with Crippen molar-refractivity contribution in [3.05, 3.63) is 62.1 Å². The van der Waals surface area contributed by atoms with Crippen molar-refractivity contribution in [2.75, 3.05) is 18.2 Å². The second kappa shape index (κ2) is 9.66. The van der Waals surface area contributed by atoms with Crippen LogP contribution in [0, 0.1) is 10.1 Å². The van der Waals surface area contributed by atoms with Gasteiger partial charge in [-0.25, -0.2) is 0 Å². The molecule has 138 valence electrons. The topological polar surface area (TPSA) is 81.5 Å². The van der Waals surface area contributed by atoms with Crippen LogP contribution in [0.15, 0.2) is 36.4 Å². The summed E-state index contributed by atoms with van der Waals surface area (Å²) in [5.41, 5.74) is 0.951. The van der Waals surface area contributed by atoms with E-state index in [1.54, 1.807) is 30.0 Å². The number of anilines is 1. The molecule has 0 saturated carbocycles. The molecule has 6 nitrogen and oxygen atoms in total. The normalized spacial score (nSPS) is 10.4. The van der Waals surface area contributed by atoms with Crippen LogP contribution in [-0.4, -0.2) is 23.7 Å². The predicted molar refractivity (Wildman–Crippen MR) is 106 cm³/mol. The average Bonchev–Trinajstić information content (AvgIpc) is 2.61. The Morgan fingerprint density at radius 2 is 2.00 bits per heavy atom. The molecule has 0 spiro atoms. The van der Waals surface area contributed by atoms with E-state index in [4.69, 9.17) is 27.9 Å². The Kier molecular flexibility index (Phi) is 7.56. The van der Waals surface area contributed by atoms with Crippen LogP contribution in [0.2, 0.25) is 10.0 Å². The fourth-order valence-corrected chi connectivity index (χ4v) is 3.30. The van der Waals surface area contributed by atoms with Gasteiger partial charge in [0.25, 0.3) is 5.69 Å². The maximum absolute atomic E-state index is 12.0. The zero-order valence-electron chi connectivity index (χ0n) is 13.8.